The number of amides is 3. The molecule has 0 aromatic carbocycles. The lowest BCUT2D eigenvalue weighted by Crippen LogP contribution is -2.51. The number of primary amides is 1. The van der Waals surface area contributed by atoms with Crippen LogP contribution in [-0.2, 0) is 15.1 Å². The number of nitrogens with one attached hydrogen (secondary N) is 2. The first-order chi connectivity index (χ1) is 12.6. The first-order valence-corrected chi connectivity index (χ1v) is 8.14. The lowest BCUT2D eigenvalue weighted by molar-refractivity contribution is -0.140. The molecule has 1 heterocycles. The lowest BCUT2D eigenvalue weighted by Gasteiger charge is -2.38. The summed E-state index contributed by atoms with van der Waals surface area (Å²) in [6, 6.07) is -3.38. The zero-order valence-corrected chi connectivity index (χ0v) is 14.3. The molecule has 9 N–H and O–H groups in total. The van der Waals surface area contributed by atoms with E-state index in [-0.39, 0.29) is 37.5 Å². The molecule has 1 aromatic heterocycles. The summed E-state index contributed by atoms with van der Waals surface area (Å²) in [7, 11) is 0. The van der Waals surface area contributed by atoms with E-state index in [1.54, 1.807) is 0 Å². The van der Waals surface area contributed by atoms with Gasteiger partial charge >= 0.3 is 12.0 Å². The van der Waals surface area contributed by atoms with Gasteiger partial charge in [0, 0.05) is 19.3 Å². The highest BCUT2D eigenvalue weighted by Crippen LogP contribution is 2.38. The molecular formula is C14H22N6O7. The van der Waals surface area contributed by atoms with Crippen LogP contribution in [0.3, 0.4) is 0 Å². The highest BCUT2D eigenvalue weighted by Gasteiger charge is 2.46. The Kier molecular flexibility index (Phi) is 6.30. The Morgan fingerprint density at radius 1 is 1.30 bits per heavy atom. The van der Waals surface area contributed by atoms with Crippen LogP contribution >= 0.6 is 0 Å². The van der Waals surface area contributed by atoms with Gasteiger partial charge in [-0.2, -0.15) is 0 Å². The van der Waals surface area contributed by atoms with Crippen molar-refractivity contribution in [1.29, 1.82) is 0 Å². The van der Waals surface area contributed by atoms with E-state index in [4.69, 9.17) is 26.1 Å². The number of hydrogen-bond acceptors (Lipinski definition) is 9. The Balaban J connectivity index is 2.10. The minimum absolute atomic E-state index is 0.0153. The van der Waals surface area contributed by atoms with Gasteiger partial charge in [-0.05, 0) is 6.42 Å². The normalized spacial score (nSPS) is 23.7. The van der Waals surface area contributed by atoms with Crippen molar-refractivity contribution in [2.24, 2.45) is 11.5 Å². The average molecular weight is 386 g/mol. The summed E-state index contributed by atoms with van der Waals surface area (Å²) in [5.41, 5.74) is 10.2. The number of aromatic nitrogens is 2. The quantitative estimate of drug-likeness (QED) is 0.234. The first kappa shape index (κ1) is 20.5. The first-order valence-electron chi connectivity index (χ1n) is 8.14. The van der Waals surface area contributed by atoms with Crippen molar-refractivity contribution in [1.82, 2.24) is 20.8 Å². The third-order valence-corrected chi connectivity index (χ3v) is 4.14. The molecule has 0 saturated heterocycles. The number of nitrogens with two attached hydrogens (primary N) is 2. The van der Waals surface area contributed by atoms with Gasteiger partial charge in [0.2, 0.25) is 17.7 Å². The maximum atomic E-state index is 12.0. The van der Waals surface area contributed by atoms with Gasteiger partial charge in [-0.3, -0.25) is 4.79 Å². The Morgan fingerprint density at radius 2 is 1.96 bits per heavy atom. The fourth-order valence-corrected chi connectivity index (χ4v) is 2.62. The van der Waals surface area contributed by atoms with Crippen LogP contribution in [0.4, 0.5) is 4.79 Å². The van der Waals surface area contributed by atoms with Gasteiger partial charge < -0.3 is 41.8 Å². The van der Waals surface area contributed by atoms with E-state index in [1.165, 1.54) is 0 Å². The summed E-state index contributed by atoms with van der Waals surface area (Å²) in [6.07, 6.45) is -0.179. The number of aliphatic carboxylic acids is 1. The predicted octanol–water partition coefficient (Wildman–Crippen LogP) is -2.57. The number of carboxylic acids is 1. The fraction of sp³-hybridized carbons (Fsp3) is 0.643. The third-order valence-electron chi connectivity index (χ3n) is 4.14. The Bertz CT molecular complexity index is 702. The number of aliphatic hydroxyl groups is 2. The van der Waals surface area contributed by atoms with Crippen LogP contribution in [0, 0.1) is 0 Å². The van der Waals surface area contributed by atoms with E-state index in [0.29, 0.717) is 0 Å². The second-order valence-corrected chi connectivity index (χ2v) is 6.41. The van der Waals surface area contributed by atoms with Crippen molar-refractivity contribution in [3.63, 3.8) is 0 Å². The van der Waals surface area contributed by atoms with Crippen LogP contribution < -0.4 is 22.1 Å². The van der Waals surface area contributed by atoms with E-state index >= 15 is 0 Å². The van der Waals surface area contributed by atoms with Crippen molar-refractivity contribution in [2.75, 3.05) is 6.61 Å². The molecule has 1 aromatic rings. The second-order valence-electron chi connectivity index (χ2n) is 6.41. The van der Waals surface area contributed by atoms with Crippen LogP contribution in [0.25, 0.3) is 0 Å². The number of carboxylic acid groups (broad SMARTS) is 1. The Hall–Kier alpha value is -2.77. The molecule has 2 rings (SSSR count). The Morgan fingerprint density at radius 3 is 2.48 bits per heavy atom. The molecule has 13 heteroatoms. The number of carbonyl (C=O) groups is 3. The minimum Gasteiger partial charge on any atom is -0.480 e. The maximum absolute atomic E-state index is 12.0. The number of hydrogen-bond donors (Lipinski definition) is 7. The smallest absolute Gasteiger partial charge is 0.328 e. The number of urea groups is 1. The molecule has 1 saturated carbocycles. The van der Waals surface area contributed by atoms with E-state index < -0.39 is 48.2 Å². The molecule has 0 radical (unpaired) electrons. The molecule has 0 unspecified atom stereocenters. The highest BCUT2D eigenvalue weighted by molar-refractivity contribution is 5.82. The van der Waals surface area contributed by atoms with E-state index in [1.807, 2.05) is 0 Å². The number of carbonyl (C=O) groups excluding carboxylic acids is 2. The van der Waals surface area contributed by atoms with Crippen molar-refractivity contribution in [3.05, 3.63) is 11.8 Å². The number of nitrogens with zero attached hydrogens (tertiary/aromatic N) is 2. The zero-order chi connectivity index (χ0) is 20.2. The summed E-state index contributed by atoms with van der Waals surface area (Å²) in [5.74, 6) is -2.02. The van der Waals surface area contributed by atoms with E-state index in [9.17, 15) is 19.5 Å². The molecule has 150 valence electrons. The van der Waals surface area contributed by atoms with Crippen LogP contribution in [0.1, 0.15) is 43.5 Å². The third kappa shape index (κ3) is 5.12. The topological polar surface area (TPSA) is 227 Å². The fourth-order valence-electron chi connectivity index (χ4n) is 2.62. The van der Waals surface area contributed by atoms with Crippen LogP contribution in [-0.4, -0.2) is 62.2 Å². The number of aliphatic hydroxyl groups excluding tert-OH is 2. The van der Waals surface area contributed by atoms with E-state index in [0.717, 1.165) is 0 Å². The van der Waals surface area contributed by atoms with Crippen molar-refractivity contribution >= 4 is 17.9 Å². The molecule has 1 fully saturated rings. The molecule has 0 spiro atoms. The molecule has 0 aliphatic heterocycles. The maximum Gasteiger partial charge on any atom is 0.328 e. The van der Waals surface area contributed by atoms with Gasteiger partial charge in [0.15, 0.2) is 6.04 Å². The summed E-state index contributed by atoms with van der Waals surface area (Å²) in [6.45, 7) is -0.808. The predicted molar refractivity (Wildman–Crippen MR) is 86.8 cm³/mol. The van der Waals surface area contributed by atoms with E-state index in [2.05, 4.69) is 20.8 Å². The molecule has 0 bridgehead atoms. The van der Waals surface area contributed by atoms with Gasteiger partial charge in [-0.25, -0.2) is 9.59 Å². The van der Waals surface area contributed by atoms with Crippen molar-refractivity contribution < 1.29 is 34.1 Å². The molecule has 3 amide bonds. The largest absolute Gasteiger partial charge is 0.480 e. The minimum atomic E-state index is -1.51. The Labute approximate surface area is 153 Å². The van der Waals surface area contributed by atoms with Gasteiger partial charge in [-0.15, -0.1) is 10.2 Å². The van der Waals surface area contributed by atoms with Crippen LogP contribution in [0.15, 0.2) is 4.42 Å². The SMILES string of the molecule is NC(=O)CC[C@H](NC(=O)N[C@@H](CO)C(=O)O)c1nnc(C2(N)CC(O)C2)o1. The monoisotopic (exact) mass is 386 g/mol. The lowest BCUT2D eigenvalue weighted by atomic mass is 9.75. The molecule has 2 atom stereocenters. The molecule has 1 aliphatic carbocycles. The van der Waals surface area contributed by atoms with Crippen LogP contribution in [0.5, 0.6) is 0 Å². The zero-order valence-electron chi connectivity index (χ0n) is 14.3. The van der Waals surface area contributed by atoms with Crippen molar-refractivity contribution in [2.45, 2.75) is 49.4 Å². The molecule has 13 nitrogen and oxygen atoms in total. The van der Waals surface area contributed by atoms with Crippen molar-refractivity contribution in [3.8, 4) is 0 Å². The summed E-state index contributed by atoms with van der Waals surface area (Å²) in [5, 5.41) is 39.3. The standard InChI is InChI=1S/C14H22N6O7/c15-9(23)2-1-7(17-13(26)18-8(5-21)11(24)25)10-19-20-12(27-10)14(16)3-6(22)4-14/h6-8,21-22H,1-5,16H2,(H2,15,23)(H,24,25)(H2,17,18,26)/t6?,7-,8-,14?/m0/s1. The number of rotatable bonds is 9. The summed E-state index contributed by atoms with van der Waals surface area (Å²) >= 11 is 0. The molecule has 1 aliphatic rings. The second kappa shape index (κ2) is 8.28. The van der Waals surface area contributed by atoms with Gasteiger partial charge in [-0.1, -0.05) is 0 Å². The highest BCUT2D eigenvalue weighted by atomic mass is 16.4. The average Bonchev–Trinajstić information content (AvgIpc) is 3.05. The molecule has 27 heavy (non-hydrogen) atoms. The summed E-state index contributed by atoms with van der Waals surface area (Å²) in [4.78, 5) is 33.9. The molecular weight excluding hydrogens is 364 g/mol. The van der Waals surface area contributed by atoms with Crippen LogP contribution in [0.2, 0.25) is 0 Å². The summed E-state index contributed by atoms with van der Waals surface area (Å²) < 4.78 is 5.49. The van der Waals surface area contributed by atoms with Gasteiger partial charge in [0.1, 0.15) is 6.04 Å². The van der Waals surface area contributed by atoms with Gasteiger partial charge in [0.25, 0.3) is 0 Å². The van der Waals surface area contributed by atoms with Gasteiger partial charge in [0.05, 0.1) is 18.2 Å².